The summed E-state index contributed by atoms with van der Waals surface area (Å²) in [6.45, 7) is 4.20. The molecule has 5 nitrogen and oxygen atoms in total. The van der Waals surface area contributed by atoms with E-state index in [-0.39, 0.29) is 16.1 Å². The topological polar surface area (TPSA) is 64.0 Å². The minimum atomic E-state index is -4.50. The Morgan fingerprint density at radius 2 is 2.07 bits per heavy atom. The van der Waals surface area contributed by atoms with Gasteiger partial charge in [-0.3, -0.25) is 14.2 Å². The molecule has 1 aromatic carbocycles. The van der Waals surface area contributed by atoms with Gasteiger partial charge in [0.15, 0.2) is 0 Å². The van der Waals surface area contributed by atoms with Crippen LogP contribution in [-0.4, -0.2) is 15.5 Å². The Balaban J connectivity index is 1.93. The number of carbonyl (C=O) groups excluding carboxylic acids is 1. The zero-order valence-electron chi connectivity index (χ0n) is 15.3. The van der Waals surface area contributed by atoms with Crippen LogP contribution in [0.4, 0.5) is 18.9 Å². The fraction of sp³-hybridized carbons (Fsp3) is 0.316. The molecule has 2 aromatic heterocycles. The molecule has 0 atom stereocenters. The second kappa shape index (κ2) is 7.75. The Morgan fingerprint density at radius 1 is 1.32 bits per heavy atom. The first-order valence-corrected chi connectivity index (χ1v) is 9.51. The Morgan fingerprint density at radius 3 is 2.75 bits per heavy atom. The molecular formula is C19H18F3N3O2S. The van der Waals surface area contributed by atoms with E-state index in [1.807, 2.05) is 6.92 Å². The number of hydrogen-bond acceptors (Lipinski definition) is 4. The summed E-state index contributed by atoms with van der Waals surface area (Å²) in [7, 11) is 0. The maximum absolute atomic E-state index is 12.8. The van der Waals surface area contributed by atoms with Crippen LogP contribution in [0.1, 0.15) is 40.6 Å². The Hall–Kier alpha value is -2.68. The van der Waals surface area contributed by atoms with Gasteiger partial charge in [0.25, 0.3) is 11.5 Å². The summed E-state index contributed by atoms with van der Waals surface area (Å²) in [5.41, 5.74) is -0.554. The number of halogens is 3. The summed E-state index contributed by atoms with van der Waals surface area (Å²) in [4.78, 5) is 30.2. The van der Waals surface area contributed by atoms with E-state index in [9.17, 15) is 22.8 Å². The number of carbonyl (C=O) groups is 1. The lowest BCUT2D eigenvalue weighted by Crippen LogP contribution is -2.20. The van der Waals surface area contributed by atoms with E-state index < -0.39 is 17.6 Å². The first kappa shape index (κ1) is 20.1. The number of amides is 1. The molecule has 0 fully saturated rings. The fourth-order valence-electron chi connectivity index (χ4n) is 2.82. The monoisotopic (exact) mass is 409 g/mol. The van der Waals surface area contributed by atoms with Crippen LogP contribution in [0, 0.1) is 6.92 Å². The van der Waals surface area contributed by atoms with Crippen molar-refractivity contribution in [2.45, 2.75) is 39.4 Å². The molecule has 0 spiro atoms. The van der Waals surface area contributed by atoms with Crippen LogP contribution in [0.15, 0.2) is 35.4 Å². The van der Waals surface area contributed by atoms with Gasteiger partial charge in [-0.2, -0.15) is 13.2 Å². The average Bonchev–Trinajstić information content (AvgIpc) is 2.98. The highest BCUT2D eigenvalue weighted by atomic mass is 32.1. The van der Waals surface area contributed by atoms with Crippen molar-refractivity contribution in [1.29, 1.82) is 0 Å². The molecule has 28 heavy (non-hydrogen) atoms. The van der Waals surface area contributed by atoms with Gasteiger partial charge in [0.1, 0.15) is 4.83 Å². The first-order chi connectivity index (χ1) is 13.2. The highest BCUT2D eigenvalue weighted by Gasteiger charge is 2.30. The first-order valence-electron chi connectivity index (χ1n) is 8.69. The number of anilines is 1. The largest absolute Gasteiger partial charge is 0.416 e. The maximum Gasteiger partial charge on any atom is 0.416 e. The van der Waals surface area contributed by atoms with Crippen LogP contribution < -0.4 is 10.9 Å². The molecule has 9 heteroatoms. The average molecular weight is 409 g/mol. The highest BCUT2D eigenvalue weighted by molar-refractivity contribution is 7.20. The number of benzene rings is 1. The van der Waals surface area contributed by atoms with E-state index in [4.69, 9.17) is 0 Å². The zero-order valence-corrected chi connectivity index (χ0v) is 16.1. The maximum atomic E-state index is 12.8. The highest BCUT2D eigenvalue weighted by Crippen LogP contribution is 2.31. The molecule has 1 N–H and O–H groups in total. The number of thiophene rings is 1. The minimum absolute atomic E-state index is 0.0324. The Bertz CT molecular complexity index is 1090. The molecule has 0 bridgehead atoms. The number of alkyl halides is 3. The number of nitrogens with zero attached hydrogens (tertiary/aromatic N) is 2. The van der Waals surface area contributed by atoms with Crippen molar-refractivity contribution in [2.75, 3.05) is 5.32 Å². The molecule has 0 saturated carbocycles. The number of aromatic nitrogens is 2. The predicted octanol–water partition coefficient (Wildman–Crippen LogP) is 4.84. The van der Waals surface area contributed by atoms with E-state index in [1.165, 1.54) is 23.0 Å². The third-order valence-electron chi connectivity index (χ3n) is 4.32. The fourth-order valence-corrected chi connectivity index (χ4v) is 3.86. The van der Waals surface area contributed by atoms with E-state index in [0.29, 0.717) is 22.3 Å². The lowest BCUT2D eigenvalue weighted by Gasteiger charge is -2.09. The molecule has 3 rings (SSSR count). The van der Waals surface area contributed by atoms with Gasteiger partial charge in [-0.25, -0.2) is 4.98 Å². The van der Waals surface area contributed by atoms with Gasteiger partial charge >= 0.3 is 6.18 Å². The normalized spacial score (nSPS) is 11.8. The number of aryl methyl sites for hydroxylation is 2. The molecule has 0 radical (unpaired) electrons. The molecule has 3 aromatic rings. The van der Waals surface area contributed by atoms with Crippen molar-refractivity contribution >= 4 is 33.1 Å². The van der Waals surface area contributed by atoms with Gasteiger partial charge in [0.05, 0.1) is 22.2 Å². The molecular weight excluding hydrogens is 391 g/mol. The Kier molecular flexibility index (Phi) is 5.55. The SMILES string of the molecule is CCCCn1cnc2sc(C(=O)Nc3cccc(C(F)(F)F)c3)c(C)c2c1=O. The summed E-state index contributed by atoms with van der Waals surface area (Å²) in [6.07, 6.45) is -1.27. The van der Waals surface area contributed by atoms with E-state index >= 15 is 0 Å². The molecule has 2 heterocycles. The van der Waals surface area contributed by atoms with E-state index in [0.717, 1.165) is 36.3 Å². The van der Waals surface area contributed by atoms with Crippen LogP contribution in [-0.2, 0) is 12.7 Å². The van der Waals surface area contributed by atoms with Crippen LogP contribution in [0.3, 0.4) is 0 Å². The van der Waals surface area contributed by atoms with E-state index in [2.05, 4.69) is 10.3 Å². The van der Waals surface area contributed by atoms with Gasteiger partial charge in [-0.05, 0) is 37.1 Å². The van der Waals surface area contributed by atoms with Crippen LogP contribution in [0.2, 0.25) is 0 Å². The number of hydrogen-bond donors (Lipinski definition) is 1. The third kappa shape index (κ3) is 3.94. The van der Waals surface area contributed by atoms with E-state index in [1.54, 1.807) is 6.92 Å². The van der Waals surface area contributed by atoms with Crippen molar-refractivity contribution in [3.05, 3.63) is 57.0 Å². The Labute approximate surface area is 162 Å². The second-order valence-corrected chi connectivity index (χ2v) is 7.36. The molecule has 0 saturated heterocycles. The third-order valence-corrected chi connectivity index (χ3v) is 5.52. The van der Waals surface area contributed by atoms with Gasteiger partial charge in [-0.15, -0.1) is 11.3 Å². The van der Waals surface area contributed by atoms with Crippen molar-refractivity contribution in [3.8, 4) is 0 Å². The van der Waals surface area contributed by atoms with Gasteiger partial charge in [0, 0.05) is 12.2 Å². The van der Waals surface area contributed by atoms with Crippen LogP contribution >= 0.6 is 11.3 Å². The molecule has 0 unspecified atom stereocenters. The molecule has 0 aliphatic rings. The molecule has 0 aliphatic carbocycles. The van der Waals surface area contributed by atoms with Gasteiger partial charge < -0.3 is 5.32 Å². The summed E-state index contributed by atoms with van der Waals surface area (Å²) >= 11 is 1.05. The number of rotatable bonds is 5. The summed E-state index contributed by atoms with van der Waals surface area (Å²) in [5, 5.41) is 2.85. The quantitative estimate of drug-likeness (QED) is 0.656. The molecule has 148 valence electrons. The zero-order chi connectivity index (χ0) is 20.5. The minimum Gasteiger partial charge on any atom is -0.321 e. The lowest BCUT2D eigenvalue weighted by atomic mass is 10.1. The number of nitrogens with one attached hydrogen (secondary N) is 1. The van der Waals surface area contributed by atoms with Crippen LogP contribution in [0.25, 0.3) is 10.2 Å². The molecule has 0 aliphatic heterocycles. The number of fused-ring (bicyclic) bond motifs is 1. The van der Waals surface area contributed by atoms with Gasteiger partial charge in [0.2, 0.25) is 0 Å². The van der Waals surface area contributed by atoms with Gasteiger partial charge in [-0.1, -0.05) is 19.4 Å². The predicted molar refractivity (Wildman–Crippen MR) is 103 cm³/mol. The second-order valence-electron chi connectivity index (χ2n) is 6.37. The standard InChI is InChI=1S/C19H18F3N3O2S/c1-3-4-8-25-10-23-17-14(18(25)27)11(2)15(28-17)16(26)24-13-7-5-6-12(9-13)19(20,21)22/h5-7,9-10H,3-4,8H2,1-2H3,(H,24,26). The van der Waals surface area contributed by atoms with Crippen molar-refractivity contribution in [3.63, 3.8) is 0 Å². The van der Waals surface area contributed by atoms with Crippen molar-refractivity contribution < 1.29 is 18.0 Å². The lowest BCUT2D eigenvalue weighted by molar-refractivity contribution is -0.137. The summed E-state index contributed by atoms with van der Waals surface area (Å²) in [5.74, 6) is -0.570. The van der Waals surface area contributed by atoms with Crippen molar-refractivity contribution in [2.24, 2.45) is 0 Å². The summed E-state index contributed by atoms with van der Waals surface area (Å²) in [6, 6.07) is 4.41. The molecule has 1 amide bonds. The van der Waals surface area contributed by atoms with Crippen LogP contribution in [0.5, 0.6) is 0 Å². The van der Waals surface area contributed by atoms with Crippen molar-refractivity contribution in [1.82, 2.24) is 9.55 Å². The number of unbranched alkanes of at least 4 members (excludes halogenated alkanes) is 1. The summed E-state index contributed by atoms with van der Waals surface area (Å²) < 4.78 is 40.1. The smallest absolute Gasteiger partial charge is 0.321 e.